The van der Waals surface area contributed by atoms with Crippen molar-refractivity contribution >= 4 is 11.6 Å². The number of rotatable bonds is 4. The van der Waals surface area contributed by atoms with Gasteiger partial charge >= 0.3 is 0 Å². The minimum absolute atomic E-state index is 0.0738. The minimum atomic E-state index is -0.0738. The minimum Gasteiger partial charge on any atom is -0.311 e. The Labute approximate surface area is 121 Å². The van der Waals surface area contributed by atoms with Crippen LogP contribution in [-0.4, -0.2) is 25.0 Å². The van der Waals surface area contributed by atoms with Gasteiger partial charge < -0.3 is 10.2 Å². The molecule has 2 rings (SSSR count). The molecule has 1 saturated heterocycles. The van der Waals surface area contributed by atoms with Gasteiger partial charge in [0, 0.05) is 18.8 Å². The molecular weight excluding hydrogens is 248 g/mol. The maximum absolute atomic E-state index is 12.3. The zero-order chi connectivity index (χ0) is 14.8. The fraction of sp³-hybridized carbons (Fsp3) is 0.471. The maximum atomic E-state index is 12.3. The SMILES string of the molecule is C=CCNC1CCN(c2ccc(C(C)(C)C)cc2)C1=O. The van der Waals surface area contributed by atoms with E-state index in [0.29, 0.717) is 6.54 Å². The molecule has 1 unspecified atom stereocenters. The van der Waals surface area contributed by atoms with Crippen molar-refractivity contribution in [2.45, 2.75) is 38.6 Å². The Hall–Kier alpha value is -1.61. The third-order valence-electron chi connectivity index (χ3n) is 3.76. The van der Waals surface area contributed by atoms with Crippen LogP contribution in [0, 0.1) is 0 Å². The molecule has 0 aliphatic carbocycles. The molecule has 1 fully saturated rings. The highest BCUT2D eigenvalue weighted by atomic mass is 16.2. The normalized spacial score (nSPS) is 19.4. The van der Waals surface area contributed by atoms with Gasteiger partial charge in [-0.1, -0.05) is 39.0 Å². The summed E-state index contributed by atoms with van der Waals surface area (Å²) < 4.78 is 0. The summed E-state index contributed by atoms with van der Waals surface area (Å²) in [5, 5.41) is 3.21. The Morgan fingerprint density at radius 1 is 1.35 bits per heavy atom. The first-order valence-corrected chi connectivity index (χ1v) is 7.19. The van der Waals surface area contributed by atoms with Crippen LogP contribution >= 0.6 is 0 Å². The van der Waals surface area contributed by atoms with Crippen molar-refractivity contribution in [2.24, 2.45) is 0 Å². The van der Waals surface area contributed by atoms with Crippen molar-refractivity contribution in [1.29, 1.82) is 0 Å². The Morgan fingerprint density at radius 3 is 2.55 bits per heavy atom. The van der Waals surface area contributed by atoms with Crippen LogP contribution in [-0.2, 0) is 10.2 Å². The average Bonchev–Trinajstić information content (AvgIpc) is 2.77. The highest BCUT2D eigenvalue weighted by molar-refractivity contribution is 5.99. The van der Waals surface area contributed by atoms with Gasteiger partial charge in [-0.05, 0) is 29.5 Å². The first kappa shape index (κ1) is 14.8. The van der Waals surface area contributed by atoms with Crippen LogP contribution in [0.3, 0.4) is 0 Å². The number of benzene rings is 1. The van der Waals surface area contributed by atoms with Crippen molar-refractivity contribution in [3.63, 3.8) is 0 Å². The summed E-state index contributed by atoms with van der Waals surface area (Å²) in [6, 6.07) is 8.26. The van der Waals surface area contributed by atoms with Crippen LogP contribution in [0.2, 0.25) is 0 Å². The van der Waals surface area contributed by atoms with Crippen molar-refractivity contribution < 1.29 is 4.79 Å². The molecular formula is C17H24N2O. The second-order valence-corrected chi connectivity index (χ2v) is 6.32. The van der Waals surface area contributed by atoms with E-state index in [1.165, 1.54) is 5.56 Å². The van der Waals surface area contributed by atoms with E-state index in [-0.39, 0.29) is 17.4 Å². The largest absolute Gasteiger partial charge is 0.311 e. The molecule has 0 aromatic heterocycles. The molecule has 1 N–H and O–H groups in total. The standard InChI is InChI=1S/C17H24N2O/c1-5-11-18-15-10-12-19(16(15)20)14-8-6-13(7-9-14)17(2,3)4/h5-9,15,18H,1,10-12H2,2-4H3. The smallest absolute Gasteiger partial charge is 0.244 e. The van der Waals surface area contributed by atoms with Gasteiger partial charge in [0.25, 0.3) is 0 Å². The fourth-order valence-corrected chi connectivity index (χ4v) is 2.49. The van der Waals surface area contributed by atoms with E-state index in [9.17, 15) is 4.79 Å². The number of nitrogens with one attached hydrogen (secondary N) is 1. The monoisotopic (exact) mass is 272 g/mol. The van der Waals surface area contributed by atoms with Crippen LogP contribution in [0.1, 0.15) is 32.8 Å². The zero-order valence-corrected chi connectivity index (χ0v) is 12.6. The van der Waals surface area contributed by atoms with Crippen molar-refractivity contribution in [3.05, 3.63) is 42.5 Å². The Balaban J connectivity index is 2.09. The molecule has 1 aromatic carbocycles. The lowest BCUT2D eigenvalue weighted by Gasteiger charge is -2.21. The molecule has 1 aliphatic rings. The summed E-state index contributed by atoms with van der Waals surface area (Å²) >= 11 is 0. The Kier molecular flexibility index (Phi) is 4.29. The molecule has 20 heavy (non-hydrogen) atoms. The first-order valence-electron chi connectivity index (χ1n) is 7.19. The molecule has 1 aliphatic heterocycles. The van der Waals surface area contributed by atoms with Crippen molar-refractivity contribution in [3.8, 4) is 0 Å². The highest BCUT2D eigenvalue weighted by Crippen LogP contribution is 2.27. The summed E-state index contributed by atoms with van der Waals surface area (Å²) in [6.07, 6.45) is 2.64. The number of carbonyl (C=O) groups excluding carboxylic acids is 1. The molecule has 1 aromatic rings. The summed E-state index contributed by atoms with van der Waals surface area (Å²) in [6.45, 7) is 11.7. The number of nitrogens with zero attached hydrogens (tertiary/aromatic N) is 1. The van der Waals surface area contributed by atoms with Gasteiger partial charge in [0.2, 0.25) is 5.91 Å². The van der Waals surface area contributed by atoms with Crippen LogP contribution < -0.4 is 10.2 Å². The van der Waals surface area contributed by atoms with E-state index >= 15 is 0 Å². The zero-order valence-electron chi connectivity index (χ0n) is 12.6. The number of carbonyl (C=O) groups is 1. The third-order valence-corrected chi connectivity index (χ3v) is 3.76. The van der Waals surface area contributed by atoms with E-state index in [4.69, 9.17) is 0 Å². The molecule has 1 atom stereocenters. The summed E-state index contributed by atoms with van der Waals surface area (Å²) in [7, 11) is 0. The predicted octanol–water partition coefficient (Wildman–Crippen LogP) is 2.87. The van der Waals surface area contributed by atoms with Crippen LogP contribution in [0.4, 0.5) is 5.69 Å². The lowest BCUT2D eigenvalue weighted by Crippen LogP contribution is -2.38. The molecule has 0 saturated carbocycles. The molecule has 0 bridgehead atoms. The van der Waals surface area contributed by atoms with Gasteiger partial charge in [-0.3, -0.25) is 4.79 Å². The average molecular weight is 272 g/mol. The molecule has 3 nitrogen and oxygen atoms in total. The first-order chi connectivity index (χ1) is 9.43. The fourth-order valence-electron chi connectivity index (χ4n) is 2.49. The van der Waals surface area contributed by atoms with Gasteiger partial charge in [0.1, 0.15) is 0 Å². The van der Waals surface area contributed by atoms with E-state index < -0.39 is 0 Å². The lowest BCUT2D eigenvalue weighted by atomic mass is 9.87. The van der Waals surface area contributed by atoms with Crippen LogP contribution in [0.25, 0.3) is 0 Å². The summed E-state index contributed by atoms with van der Waals surface area (Å²) in [5.74, 6) is 0.162. The van der Waals surface area contributed by atoms with Crippen molar-refractivity contribution in [2.75, 3.05) is 18.0 Å². The van der Waals surface area contributed by atoms with E-state index in [0.717, 1.165) is 18.7 Å². The van der Waals surface area contributed by atoms with E-state index in [2.05, 4.69) is 44.8 Å². The Bertz CT molecular complexity index is 485. The molecule has 3 heteroatoms. The second-order valence-electron chi connectivity index (χ2n) is 6.32. The van der Waals surface area contributed by atoms with Gasteiger partial charge in [-0.15, -0.1) is 6.58 Å². The molecule has 1 heterocycles. The van der Waals surface area contributed by atoms with Gasteiger partial charge in [-0.25, -0.2) is 0 Å². The Morgan fingerprint density at radius 2 is 2.00 bits per heavy atom. The maximum Gasteiger partial charge on any atom is 0.244 e. The van der Waals surface area contributed by atoms with E-state index in [1.54, 1.807) is 6.08 Å². The third kappa shape index (κ3) is 3.10. The predicted molar refractivity (Wildman–Crippen MR) is 84.1 cm³/mol. The number of hydrogen-bond acceptors (Lipinski definition) is 2. The van der Waals surface area contributed by atoms with E-state index in [1.807, 2.05) is 17.0 Å². The van der Waals surface area contributed by atoms with Gasteiger partial charge in [0.15, 0.2) is 0 Å². The summed E-state index contributed by atoms with van der Waals surface area (Å²) in [5.41, 5.74) is 2.42. The quantitative estimate of drug-likeness (QED) is 0.855. The number of amides is 1. The van der Waals surface area contributed by atoms with Gasteiger partial charge in [-0.2, -0.15) is 0 Å². The molecule has 1 amide bonds. The molecule has 108 valence electrons. The van der Waals surface area contributed by atoms with Gasteiger partial charge in [0.05, 0.1) is 6.04 Å². The number of hydrogen-bond donors (Lipinski definition) is 1. The van der Waals surface area contributed by atoms with Crippen molar-refractivity contribution in [1.82, 2.24) is 5.32 Å². The highest BCUT2D eigenvalue weighted by Gasteiger charge is 2.31. The topological polar surface area (TPSA) is 32.3 Å². The van der Waals surface area contributed by atoms with Crippen LogP contribution in [0.5, 0.6) is 0 Å². The second kappa shape index (κ2) is 5.80. The molecule has 0 radical (unpaired) electrons. The lowest BCUT2D eigenvalue weighted by molar-refractivity contribution is -0.118. The summed E-state index contributed by atoms with van der Waals surface area (Å²) in [4.78, 5) is 14.2. The van der Waals surface area contributed by atoms with Crippen LogP contribution in [0.15, 0.2) is 36.9 Å². The number of anilines is 1. The molecule has 0 spiro atoms.